The number of nitrogens with zero attached hydrogens (tertiary/aromatic N) is 5. The Morgan fingerprint density at radius 3 is 2.54 bits per heavy atom. The summed E-state index contributed by atoms with van der Waals surface area (Å²) in [7, 11) is -3.30. The van der Waals surface area contributed by atoms with E-state index >= 15 is 0 Å². The zero-order chi connectivity index (χ0) is 34.1. The highest BCUT2D eigenvalue weighted by Crippen LogP contribution is 2.45. The SMILES string of the molecule is CC(C)N(C(=O)c1cc(F)ccc1Oc1cncnc1N1CC2(CCN(C[C@@H]3CC[C@@H](NS(=O)(=O)C(C)C)CO3)CC2)C1)[C@@H]1CCOC1. The number of hydrogen-bond acceptors (Lipinski definition) is 10. The number of benzene rings is 1. The highest BCUT2D eigenvalue weighted by molar-refractivity contribution is 7.90. The molecule has 0 aliphatic carbocycles. The number of ether oxygens (including phenoxy) is 3. The summed E-state index contributed by atoms with van der Waals surface area (Å²) in [5, 5.41) is -0.455. The molecule has 0 radical (unpaired) electrons. The van der Waals surface area contributed by atoms with E-state index in [1.165, 1.54) is 24.5 Å². The molecule has 5 heterocycles. The van der Waals surface area contributed by atoms with E-state index in [1.807, 2.05) is 13.8 Å². The van der Waals surface area contributed by atoms with Crippen LogP contribution < -0.4 is 14.4 Å². The largest absolute Gasteiger partial charge is 0.451 e. The van der Waals surface area contributed by atoms with Gasteiger partial charge in [0.25, 0.3) is 5.91 Å². The molecule has 6 rings (SSSR count). The lowest BCUT2D eigenvalue weighted by molar-refractivity contribution is -0.0299. The van der Waals surface area contributed by atoms with E-state index in [1.54, 1.807) is 24.9 Å². The van der Waals surface area contributed by atoms with Crippen molar-refractivity contribution in [1.29, 1.82) is 0 Å². The first-order chi connectivity index (χ1) is 22.9. The van der Waals surface area contributed by atoms with Gasteiger partial charge in [-0.1, -0.05) is 0 Å². The Hall–Kier alpha value is -2.91. The number of nitrogens with one attached hydrogen (secondary N) is 1. The van der Waals surface area contributed by atoms with Gasteiger partial charge >= 0.3 is 0 Å². The highest BCUT2D eigenvalue weighted by atomic mass is 32.2. The zero-order valence-corrected chi connectivity index (χ0v) is 29.3. The van der Waals surface area contributed by atoms with Crippen molar-refractivity contribution in [2.24, 2.45) is 5.41 Å². The van der Waals surface area contributed by atoms with Gasteiger partial charge in [0.15, 0.2) is 11.6 Å². The van der Waals surface area contributed by atoms with Gasteiger partial charge in [-0.25, -0.2) is 27.5 Å². The minimum atomic E-state index is -3.30. The number of rotatable bonds is 11. The monoisotopic (exact) mass is 688 g/mol. The predicted octanol–water partition coefficient (Wildman–Crippen LogP) is 3.83. The van der Waals surface area contributed by atoms with Gasteiger partial charge in [-0.15, -0.1) is 0 Å². The van der Waals surface area contributed by atoms with Crippen molar-refractivity contribution in [1.82, 2.24) is 24.5 Å². The summed E-state index contributed by atoms with van der Waals surface area (Å²) < 4.78 is 59.7. The van der Waals surface area contributed by atoms with Crippen LogP contribution in [0.25, 0.3) is 0 Å². The van der Waals surface area contributed by atoms with Gasteiger partial charge in [0.1, 0.15) is 17.9 Å². The lowest BCUT2D eigenvalue weighted by atomic mass is 9.72. The van der Waals surface area contributed by atoms with E-state index in [-0.39, 0.29) is 46.9 Å². The Labute approximate surface area is 283 Å². The van der Waals surface area contributed by atoms with E-state index in [9.17, 15) is 17.6 Å². The molecular formula is C34H49FN6O6S. The summed E-state index contributed by atoms with van der Waals surface area (Å²) in [6.45, 7) is 13.2. The average Bonchev–Trinajstić information content (AvgIpc) is 3.56. The molecule has 14 heteroatoms. The Balaban J connectivity index is 1.04. The number of aromatic nitrogens is 2. The number of hydrogen-bond donors (Lipinski definition) is 1. The Morgan fingerprint density at radius 2 is 1.90 bits per heavy atom. The van der Waals surface area contributed by atoms with Gasteiger partial charge in [-0.3, -0.25) is 4.79 Å². The smallest absolute Gasteiger partial charge is 0.258 e. The van der Waals surface area contributed by atoms with Crippen LogP contribution in [0.3, 0.4) is 0 Å². The first-order valence-corrected chi connectivity index (χ1v) is 18.8. The molecule has 1 aromatic carbocycles. The topological polar surface area (TPSA) is 126 Å². The fourth-order valence-corrected chi connectivity index (χ4v) is 8.26. The number of piperidine rings is 1. The van der Waals surface area contributed by atoms with Gasteiger partial charge in [-0.05, 0) is 91.1 Å². The summed E-state index contributed by atoms with van der Waals surface area (Å²) in [5.41, 5.74) is 0.344. The molecule has 3 atom stereocenters. The number of sulfonamides is 1. The number of amides is 1. The second-order valence-corrected chi connectivity index (χ2v) is 16.6. The quantitative estimate of drug-likeness (QED) is 0.373. The van der Waals surface area contributed by atoms with Crippen LogP contribution in [0.2, 0.25) is 0 Å². The van der Waals surface area contributed by atoms with E-state index in [0.29, 0.717) is 31.4 Å². The average molecular weight is 689 g/mol. The highest BCUT2D eigenvalue weighted by Gasteiger charge is 2.46. The van der Waals surface area contributed by atoms with Gasteiger partial charge in [0, 0.05) is 43.7 Å². The third kappa shape index (κ3) is 7.77. The van der Waals surface area contributed by atoms with E-state index in [0.717, 1.165) is 64.8 Å². The van der Waals surface area contributed by atoms with Crippen molar-refractivity contribution < 1.29 is 31.8 Å². The first kappa shape index (κ1) is 34.9. The maximum atomic E-state index is 14.5. The first-order valence-electron chi connectivity index (χ1n) is 17.2. The van der Waals surface area contributed by atoms with Crippen LogP contribution in [0.4, 0.5) is 10.2 Å². The van der Waals surface area contributed by atoms with Crippen LogP contribution in [0.1, 0.15) is 70.2 Å². The molecule has 0 bridgehead atoms. The summed E-state index contributed by atoms with van der Waals surface area (Å²) in [6, 6.07) is 3.70. The molecule has 264 valence electrons. The molecule has 1 spiro atoms. The standard InChI is InChI=1S/C34H49FN6O6S/c1-23(2)41(27-9-14-45-19-27)33(42)29-15-25(35)5-8-30(29)47-31-16-36-22-37-32(31)40-20-34(21-40)10-12-39(13-11-34)17-28-7-6-26(18-46-28)38-48(43,44)24(3)4/h5,8,15-16,22-24,26-28,38H,6-7,9-14,17-21H2,1-4H3/t26-,27-,28+/m1/s1. The van der Waals surface area contributed by atoms with Crippen LogP contribution in [-0.2, 0) is 19.5 Å². The van der Waals surface area contributed by atoms with Crippen LogP contribution in [0, 0.1) is 11.2 Å². The Kier molecular flexibility index (Phi) is 10.6. The summed E-state index contributed by atoms with van der Waals surface area (Å²) >= 11 is 0. The molecule has 0 saturated carbocycles. The maximum Gasteiger partial charge on any atom is 0.258 e. The maximum absolute atomic E-state index is 14.5. The van der Waals surface area contributed by atoms with Gasteiger partial charge in [-0.2, -0.15) is 0 Å². The van der Waals surface area contributed by atoms with Crippen LogP contribution in [0.15, 0.2) is 30.7 Å². The number of anilines is 1. The molecule has 2 aromatic rings. The molecule has 4 aliphatic heterocycles. The lowest BCUT2D eigenvalue weighted by Crippen LogP contribution is -2.61. The fourth-order valence-electron chi connectivity index (χ4n) is 7.34. The molecule has 4 fully saturated rings. The normalized spacial score (nSPS) is 24.6. The van der Waals surface area contributed by atoms with Crippen molar-refractivity contribution in [3.8, 4) is 11.5 Å². The number of likely N-dealkylation sites (tertiary alicyclic amines) is 1. The van der Waals surface area contributed by atoms with Gasteiger partial charge < -0.3 is 28.9 Å². The second-order valence-electron chi connectivity index (χ2n) is 14.4. The molecule has 1 N–H and O–H groups in total. The lowest BCUT2D eigenvalue weighted by Gasteiger charge is -2.54. The molecule has 1 amide bonds. The molecule has 4 saturated heterocycles. The molecule has 1 aromatic heterocycles. The molecular weight excluding hydrogens is 639 g/mol. The Morgan fingerprint density at radius 1 is 1.12 bits per heavy atom. The van der Waals surface area contributed by atoms with Crippen molar-refractivity contribution in [3.63, 3.8) is 0 Å². The summed E-state index contributed by atoms with van der Waals surface area (Å²) in [5.74, 6) is 0.542. The van der Waals surface area contributed by atoms with Gasteiger partial charge in [0.05, 0.1) is 42.4 Å². The minimum Gasteiger partial charge on any atom is -0.451 e. The predicted molar refractivity (Wildman–Crippen MR) is 179 cm³/mol. The minimum absolute atomic E-state index is 0.0755. The van der Waals surface area contributed by atoms with Crippen molar-refractivity contribution in [3.05, 3.63) is 42.1 Å². The second kappa shape index (κ2) is 14.5. The Bertz CT molecular complexity index is 1530. The third-order valence-corrected chi connectivity index (χ3v) is 12.1. The molecule has 0 unspecified atom stereocenters. The molecule has 12 nitrogen and oxygen atoms in total. The number of carbonyl (C=O) groups excluding carboxylic acids is 1. The van der Waals surface area contributed by atoms with Crippen LogP contribution in [0.5, 0.6) is 11.5 Å². The van der Waals surface area contributed by atoms with Crippen molar-refractivity contribution in [2.45, 2.75) is 89.3 Å². The van der Waals surface area contributed by atoms with Crippen LogP contribution in [-0.4, -0.2) is 116 Å². The summed E-state index contributed by atoms with van der Waals surface area (Å²) in [6.07, 6.45) is 7.67. The van der Waals surface area contributed by atoms with Crippen molar-refractivity contribution >= 4 is 21.7 Å². The van der Waals surface area contributed by atoms with E-state index < -0.39 is 21.1 Å². The summed E-state index contributed by atoms with van der Waals surface area (Å²) in [4.78, 5) is 29.0. The molecule has 4 aliphatic rings. The van der Waals surface area contributed by atoms with E-state index in [2.05, 4.69) is 24.5 Å². The van der Waals surface area contributed by atoms with E-state index in [4.69, 9.17) is 14.2 Å². The molecule has 48 heavy (non-hydrogen) atoms. The number of carbonyl (C=O) groups is 1. The number of halogens is 1. The van der Waals surface area contributed by atoms with Gasteiger partial charge in [0.2, 0.25) is 10.0 Å². The van der Waals surface area contributed by atoms with Crippen LogP contribution >= 0.6 is 0 Å². The zero-order valence-electron chi connectivity index (χ0n) is 28.4. The van der Waals surface area contributed by atoms with Crippen molar-refractivity contribution in [2.75, 3.05) is 57.4 Å². The fraction of sp³-hybridized carbons (Fsp3) is 0.676. The third-order valence-electron chi connectivity index (χ3n) is 10.2.